The summed E-state index contributed by atoms with van der Waals surface area (Å²) in [6.07, 6.45) is 2.70. The van der Waals surface area contributed by atoms with Crippen LogP contribution in [0.3, 0.4) is 0 Å². The van der Waals surface area contributed by atoms with Crippen LogP contribution in [0.25, 0.3) is 6.08 Å². The Hall–Kier alpha value is -1.15. The van der Waals surface area contributed by atoms with Crippen molar-refractivity contribution in [1.82, 2.24) is 0 Å². The van der Waals surface area contributed by atoms with Crippen LogP contribution in [0.2, 0.25) is 0 Å². The number of hydrogen-bond donors (Lipinski definition) is 1. The summed E-state index contributed by atoms with van der Waals surface area (Å²) in [6.45, 7) is 0. The molecule has 0 atom stereocenters. The molecule has 0 bridgehead atoms. The van der Waals surface area contributed by atoms with Crippen molar-refractivity contribution in [2.45, 2.75) is 0 Å². The van der Waals surface area contributed by atoms with Gasteiger partial charge in [-0.15, -0.1) is 0 Å². The maximum atomic E-state index is 10.2. The van der Waals surface area contributed by atoms with E-state index in [0.717, 1.165) is 11.6 Å². The molecule has 0 spiro atoms. The van der Waals surface area contributed by atoms with Gasteiger partial charge in [-0.3, -0.25) is 0 Å². The molecule has 0 saturated heterocycles. The first-order valence-corrected chi connectivity index (χ1v) is 4.46. The van der Waals surface area contributed by atoms with Crippen LogP contribution in [-0.4, -0.2) is 44.0 Å². The fraction of sp³-hybridized carbons (Fsp3) is 0. The van der Waals surface area contributed by atoms with E-state index in [1.807, 2.05) is 40.8 Å². The van der Waals surface area contributed by atoms with E-state index in [1.165, 1.54) is 4.40 Å². The van der Waals surface area contributed by atoms with E-state index in [9.17, 15) is 4.79 Å². The molecule has 0 aliphatic heterocycles. The Morgan fingerprint density at radius 3 is 2.00 bits per heavy atom. The number of hydrogen-bond acceptors (Lipinski definition) is 1. The van der Waals surface area contributed by atoms with E-state index in [0.29, 0.717) is 0 Å². The van der Waals surface area contributed by atoms with Crippen molar-refractivity contribution in [3.8, 4) is 0 Å². The monoisotopic (exact) mass is 275 g/mol. The number of carboxylic acids is 1. The minimum absolute atomic E-state index is 0. The van der Waals surface area contributed by atoms with Gasteiger partial charge < -0.3 is 16.4 Å². The second kappa shape index (κ2) is 9.41. The first-order valence-electron chi connectivity index (χ1n) is 3.41. The first-order chi connectivity index (χ1) is 5.68. The quantitative estimate of drug-likeness (QED) is 0.498. The van der Waals surface area contributed by atoms with Crippen LogP contribution < -0.4 is 4.40 Å². The normalized spacial score (nSPS) is 8.33. The molecule has 5 nitrogen and oxygen atoms in total. The fourth-order valence-electron chi connectivity index (χ4n) is 0.762. The second-order valence-electron chi connectivity index (χ2n) is 2.29. The molecular formula is C9H13GeO5. The first kappa shape index (κ1) is 19.4. The fourth-order valence-corrected chi connectivity index (χ4v) is 1.11. The zero-order chi connectivity index (χ0) is 8.97. The summed E-state index contributed by atoms with van der Waals surface area (Å²) in [5.74, 6) is -0.921. The summed E-state index contributed by atoms with van der Waals surface area (Å²) in [6, 6.07) is 7.66. The molecule has 7 N–H and O–H groups in total. The topological polar surface area (TPSA) is 132 Å². The van der Waals surface area contributed by atoms with Crippen molar-refractivity contribution in [1.29, 1.82) is 0 Å². The third-order valence-corrected chi connectivity index (χ3v) is 2.03. The van der Waals surface area contributed by atoms with Gasteiger partial charge in [0.05, 0.1) is 0 Å². The van der Waals surface area contributed by atoms with Crippen molar-refractivity contribution in [3.05, 3.63) is 35.9 Å². The maximum absolute atomic E-state index is 10.2. The van der Waals surface area contributed by atoms with Gasteiger partial charge in [0.1, 0.15) is 0 Å². The SMILES string of the molecule is O.O.O.O=C(O)C=Cc1cc[c]([Ge])cc1. The van der Waals surface area contributed by atoms with E-state index in [1.54, 1.807) is 6.08 Å². The van der Waals surface area contributed by atoms with Crippen LogP contribution in [0.15, 0.2) is 30.3 Å². The number of rotatable bonds is 2. The van der Waals surface area contributed by atoms with E-state index < -0.39 is 5.97 Å². The summed E-state index contributed by atoms with van der Waals surface area (Å²) in [5, 5.41) is 8.34. The Kier molecular flexibility index (Phi) is 12.2. The molecule has 0 amide bonds. The van der Waals surface area contributed by atoms with E-state index >= 15 is 0 Å². The third kappa shape index (κ3) is 7.89. The van der Waals surface area contributed by atoms with Crippen LogP contribution >= 0.6 is 0 Å². The number of carbonyl (C=O) groups is 1. The van der Waals surface area contributed by atoms with Gasteiger partial charge in [0, 0.05) is 0 Å². The number of carboxylic acid groups (broad SMARTS) is 1. The van der Waals surface area contributed by atoms with Gasteiger partial charge in [0.15, 0.2) is 0 Å². The third-order valence-electron chi connectivity index (χ3n) is 1.33. The summed E-state index contributed by atoms with van der Waals surface area (Å²) in [5.41, 5.74) is 0.906. The average molecular weight is 274 g/mol. The van der Waals surface area contributed by atoms with Crippen molar-refractivity contribution in [3.63, 3.8) is 0 Å². The molecule has 6 heteroatoms. The predicted molar refractivity (Wildman–Crippen MR) is 59.3 cm³/mol. The Morgan fingerprint density at radius 2 is 1.60 bits per heavy atom. The molecule has 83 valence electrons. The molecule has 1 aromatic rings. The van der Waals surface area contributed by atoms with Crippen LogP contribution in [0, 0.1) is 0 Å². The molecule has 3 radical (unpaired) electrons. The zero-order valence-corrected chi connectivity index (χ0v) is 9.92. The average Bonchev–Trinajstić information content (AvgIpc) is 2.03. The Balaban J connectivity index is -0.000000480. The van der Waals surface area contributed by atoms with E-state index in [2.05, 4.69) is 0 Å². The standard InChI is InChI=1S/C9H7GeO2.3H2O/c10-8-4-1-7(2-5-8)3-6-9(11)12;;;/h1-6H,(H,11,12);3*1H2. The van der Waals surface area contributed by atoms with Crippen molar-refractivity contribution in [2.24, 2.45) is 0 Å². The molecule has 0 heterocycles. The minimum atomic E-state index is -0.921. The van der Waals surface area contributed by atoms with Gasteiger partial charge in [-0.25, -0.2) is 0 Å². The number of aliphatic carboxylic acids is 1. The van der Waals surface area contributed by atoms with Crippen molar-refractivity contribution < 1.29 is 26.3 Å². The second-order valence-corrected chi connectivity index (χ2v) is 3.50. The predicted octanol–water partition coefficient (Wildman–Crippen LogP) is -1.90. The van der Waals surface area contributed by atoms with Crippen molar-refractivity contribution in [2.75, 3.05) is 0 Å². The van der Waals surface area contributed by atoms with Gasteiger partial charge in [-0.1, -0.05) is 0 Å². The van der Waals surface area contributed by atoms with Gasteiger partial charge in [-0.2, -0.15) is 0 Å². The van der Waals surface area contributed by atoms with Gasteiger partial charge in [-0.05, 0) is 0 Å². The van der Waals surface area contributed by atoms with Crippen LogP contribution in [-0.2, 0) is 4.79 Å². The van der Waals surface area contributed by atoms with Crippen molar-refractivity contribution >= 4 is 33.0 Å². The molecule has 0 aliphatic carbocycles. The molecule has 1 aromatic carbocycles. The Bertz CT molecular complexity index is 307. The van der Waals surface area contributed by atoms with Gasteiger partial charge >= 0.3 is 78.8 Å². The summed E-state index contributed by atoms with van der Waals surface area (Å²) < 4.78 is 1.17. The van der Waals surface area contributed by atoms with Crippen LogP contribution in [0.1, 0.15) is 5.56 Å². The van der Waals surface area contributed by atoms with Gasteiger partial charge in [0.2, 0.25) is 0 Å². The van der Waals surface area contributed by atoms with Crippen LogP contribution in [0.5, 0.6) is 0 Å². The molecule has 0 saturated carbocycles. The molecule has 0 aliphatic rings. The summed E-state index contributed by atoms with van der Waals surface area (Å²) in [4.78, 5) is 10.2. The van der Waals surface area contributed by atoms with E-state index in [4.69, 9.17) is 5.11 Å². The Labute approximate surface area is 95.6 Å². The van der Waals surface area contributed by atoms with Gasteiger partial charge in [0.25, 0.3) is 0 Å². The molecule has 1 rings (SSSR count). The summed E-state index contributed by atoms with van der Waals surface area (Å²) >= 11 is 1.99. The summed E-state index contributed by atoms with van der Waals surface area (Å²) in [7, 11) is 0. The molecule has 0 unspecified atom stereocenters. The van der Waals surface area contributed by atoms with Crippen LogP contribution in [0.4, 0.5) is 0 Å². The van der Waals surface area contributed by atoms with E-state index in [-0.39, 0.29) is 16.4 Å². The molecule has 0 fully saturated rings. The molecular weight excluding hydrogens is 261 g/mol. The zero-order valence-electron chi connectivity index (χ0n) is 7.82. The number of benzene rings is 1. The molecule has 0 aromatic heterocycles. The molecule has 15 heavy (non-hydrogen) atoms. The Morgan fingerprint density at radius 1 is 1.13 bits per heavy atom.